The van der Waals surface area contributed by atoms with Crippen LogP contribution in [0.5, 0.6) is 0 Å². The van der Waals surface area contributed by atoms with Crippen LogP contribution in [0.1, 0.15) is 70.4 Å². The summed E-state index contributed by atoms with van der Waals surface area (Å²) in [4.78, 5) is 39.4. The number of amides is 2. The Morgan fingerprint density at radius 2 is 1.58 bits per heavy atom. The average Bonchev–Trinajstić information content (AvgIpc) is 3.19. The molecule has 4 rings (SSSR count). The van der Waals surface area contributed by atoms with Gasteiger partial charge in [0.05, 0.1) is 5.41 Å². The molecule has 2 aromatic rings. The molecule has 0 radical (unpaired) electrons. The second-order valence-corrected chi connectivity index (χ2v) is 11.6. The predicted molar refractivity (Wildman–Crippen MR) is 144 cm³/mol. The number of piperidine rings is 1. The van der Waals surface area contributed by atoms with Gasteiger partial charge in [-0.1, -0.05) is 48.5 Å². The first-order valence-corrected chi connectivity index (χ1v) is 13.3. The van der Waals surface area contributed by atoms with Gasteiger partial charge < -0.3 is 24.8 Å². The molecule has 2 amide bonds. The number of benzene rings is 2. The van der Waals surface area contributed by atoms with E-state index in [1.54, 1.807) is 32.6 Å². The molecule has 1 aliphatic heterocycles. The summed E-state index contributed by atoms with van der Waals surface area (Å²) < 4.78 is 11.2. The Bertz CT molecular complexity index is 1140. The number of nitrogens with zero attached hydrogens (tertiary/aromatic N) is 1. The van der Waals surface area contributed by atoms with Crippen molar-refractivity contribution in [1.82, 2.24) is 10.2 Å². The SMILES string of the molecule is CC(C)(C)OC(=O)NCC(C)(CC1CCCCN1C(=O)OCC1c2ccccc2-c2ccccc21)C(=O)O. The quantitative estimate of drug-likeness (QED) is 0.476. The summed E-state index contributed by atoms with van der Waals surface area (Å²) in [5.41, 5.74) is 2.64. The lowest BCUT2D eigenvalue weighted by atomic mass is 9.80. The van der Waals surface area contributed by atoms with Gasteiger partial charge in [0.1, 0.15) is 12.2 Å². The number of carbonyl (C=O) groups is 3. The van der Waals surface area contributed by atoms with Crippen molar-refractivity contribution in [3.8, 4) is 11.1 Å². The summed E-state index contributed by atoms with van der Waals surface area (Å²) in [6, 6.07) is 16.1. The number of hydrogen-bond acceptors (Lipinski definition) is 5. The Labute approximate surface area is 224 Å². The molecule has 2 aliphatic rings. The predicted octanol–water partition coefficient (Wildman–Crippen LogP) is 5.80. The fourth-order valence-electron chi connectivity index (χ4n) is 5.47. The van der Waals surface area contributed by atoms with Gasteiger partial charge in [-0.15, -0.1) is 0 Å². The van der Waals surface area contributed by atoms with Crippen LogP contribution in [-0.2, 0) is 14.3 Å². The van der Waals surface area contributed by atoms with E-state index in [2.05, 4.69) is 29.6 Å². The number of aliphatic carboxylic acids is 1. The van der Waals surface area contributed by atoms with Crippen molar-refractivity contribution in [2.24, 2.45) is 5.41 Å². The van der Waals surface area contributed by atoms with Gasteiger partial charge in [-0.2, -0.15) is 0 Å². The minimum absolute atomic E-state index is 0.0445. The molecule has 2 N–H and O–H groups in total. The van der Waals surface area contributed by atoms with E-state index < -0.39 is 29.2 Å². The number of carboxylic acids is 1. The van der Waals surface area contributed by atoms with Gasteiger partial charge >= 0.3 is 18.2 Å². The van der Waals surface area contributed by atoms with Gasteiger partial charge in [0.2, 0.25) is 0 Å². The lowest BCUT2D eigenvalue weighted by Gasteiger charge is -2.39. The Morgan fingerprint density at radius 3 is 2.16 bits per heavy atom. The molecular formula is C30H38N2O6. The molecule has 1 fully saturated rings. The van der Waals surface area contributed by atoms with Crippen LogP contribution in [-0.4, -0.2) is 59.5 Å². The Hall–Kier alpha value is -3.55. The molecule has 0 bridgehead atoms. The number of nitrogens with one attached hydrogen (secondary N) is 1. The Morgan fingerprint density at radius 1 is 0.974 bits per heavy atom. The first kappa shape index (κ1) is 27.5. The zero-order valence-corrected chi connectivity index (χ0v) is 22.7. The number of ether oxygens (including phenoxy) is 2. The third-order valence-electron chi connectivity index (χ3n) is 7.42. The van der Waals surface area contributed by atoms with E-state index in [1.807, 2.05) is 24.3 Å². The standard InChI is InChI=1S/C30H38N2O6/c1-29(2,3)38-27(35)31-19-30(4,26(33)34)17-20-11-9-10-16-32(20)28(36)37-18-25-23-14-7-5-12-21(23)22-13-6-8-15-24(22)25/h5-8,12-15,20,25H,9-11,16-19H2,1-4H3,(H,31,35)(H,33,34). The van der Waals surface area contributed by atoms with Crippen LogP contribution in [0.3, 0.4) is 0 Å². The van der Waals surface area contributed by atoms with Gasteiger partial charge in [-0.25, -0.2) is 9.59 Å². The van der Waals surface area contributed by atoms with Crippen molar-refractivity contribution >= 4 is 18.2 Å². The highest BCUT2D eigenvalue weighted by molar-refractivity contribution is 5.79. The maximum Gasteiger partial charge on any atom is 0.410 e. The minimum atomic E-state index is -1.28. The summed E-state index contributed by atoms with van der Waals surface area (Å²) in [5, 5.41) is 12.6. The Kier molecular flexibility index (Phi) is 7.99. The average molecular weight is 523 g/mol. The zero-order chi connectivity index (χ0) is 27.5. The molecule has 8 heteroatoms. The van der Waals surface area contributed by atoms with Crippen LogP contribution in [0.4, 0.5) is 9.59 Å². The van der Waals surface area contributed by atoms with Crippen LogP contribution in [0.2, 0.25) is 0 Å². The second kappa shape index (κ2) is 11.1. The fraction of sp³-hybridized carbons (Fsp3) is 0.500. The lowest BCUT2D eigenvalue weighted by molar-refractivity contribution is -0.149. The molecule has 2 unspecified atom stereocenters. The molecule has 8 nitrogen and oxygen atoms in total. The van der Waals surface area contributed by atoms with Gasteiger partial charge in [0, 0.05) is 25.0 Å². The number of likely N-dealkylation sites (tertiary alicyclic amines) is 1. The number of carboxylic acid groups (broad SMARTS) is 1. The normalized spacial score (nSPS) is 18.6. The molecule has 2 aromatic carbocycles. The van der Waals surface area contributed by atoms with Crippen molar-refractivity contribution in [1.29, 1.82) is 0 Å². The van der Waals surface area contributed by atoms with E-state index in [9.17, 15) is 19.5 Å². The van der Waals surface area contributed by atoms with Crippen molar-refractivity contribution in [2.75, 3.05) is 19.7 Å². The highest BCUT2D eigenvalue weighted by Crippen LogP contribution is 2.44. The van der Waals surface area contributed by atoms with E-state index in [0.29, 0.717) is 13.0 Å². The van der Waals surface area contributed by atoms with E-state index in [1.165, 1.54) is 0 Å². The molecule has 0 aromatic heterocycles. The fourth-order valence-corrected chi connectivity index (χ4v) is 5.47. The number of rotatable bonds is 7. The highest BCUT2D eigenvalue weighted by atomic mass is 16.6. The minimum Gasteiger partial charge on any atom is -0.481 e. The summed E-state index contributed by atoms with van der Waals surface area (Å²) in [6.07, 6.45) is 1.52. The van der Waals surface area contributed by atoms with Gasteiger partial charge in [-0.3, -0.25) is 4.79 Å². The van der Waals surface area contributed by atoms with Crippen LogP contribution >= 0.6 is 0 Å². The summed E-state index contributed by atoms with van der Waals surface area (Å²) in [5.74, 6) is -1.08. The molecule has 1 aliphatic carbocycles. The van der Waals surface area contributed by atoms with Crippen molar-refractivity contribution < 1.29 is 29.0 Å². The summed E-state index contributed by atoms with van der Waals surface area (Å²) in [7, 11) is 0. The number of carbonyl (C=O) groups excluding carboxylic acids is 2. The van der Waals surface area contributed by atoms with E-state index >= 15 is 0 Å². The monoisotopic (exact) mass is 522 g/mol. The Balaban J connectivity index is 1.43. The number of fused-ring (bicyclic) bond motifs is 3. The lowest BCUT2D eigenvalue weighted by Crippen LogP contribution is -2.50. The van der Waals surface area contributed by atoms with Crippen molar-refractivity contribution in [2.45, 2.75) is 70.9 Å². The van der Waals surface area contributed by atoms with Crippen LogP contribution in [0.25, 0.3) is 11.1 Å². The van der Waals surface area contributed by atoms with Crippen molar-refractivity contribution in [3.63, 3.8) is 0 Å². The summed E-state index contributed by atoms with van der Waals surface area (Å²) in [6.45, 7) is 7.46. The molecular weight excluding hydrogens is 484 g/mol. The number of hydrogen-bond donors (Lipinski definition) is 2. The first-order chi connectivity index (χ1) is 18.0. The maximum atomic E-state index is 13.3. The second-order valence-electron chi connectivity index (χ2n) is 11.6. The summed E-state index contributed by atoms with van der Waals surface area (Å²) >= 11 is 0. The topological polar surface area (TPSA) is 105 Å². The largest absolute Gasteiger partial charge is 0.481 e. The number of alkyl carbamates (subject to hydrolysis) is 1. The van der Waals surface area contributed by atoms with Crippen molar-refractivity contribution in [3.05, 3.63) is 59.7 Å². The first-order valence-electron chi connectivity index (χ1n) is 13.3. The molecule has 204 valence electrons. The van der Waals surface area contributed by atoms with Gasteiger partial charge in [-0.05, 0) is 75.6 Å². The molecule has 1 saturated heterocycles. The van der Waals surface area contributed by atoms with Gasteiger partial charge in [0.15, 0.2) is 0 Å². The molecule has 2 atom stereocenters. The molecule has 38 heavy (non-hydrogen) atoms. The van der Waals surface area contributed by atoms with E-state index in [0.717, 1.165) is 35.1 Å². The smallest absolute Gasteiger partial charge is 0.410 e. The maximum absolute atomic E-state index is 13.3. The molecule has 0 saturated carbocycles. The van der Waals surface area contributed by atoms with Crippen LogP contribution in [0.15, 0.2) is 48.5 Å². The van der Waals surface area contributed by atoms with E-state index in [-0.39, 0.29) is 31.5 Å². The molecule has 0 spiro atoms. The highest BCUT2D eigenvalue weighted by Gasteiger charge is 2.41. The van der Waals surface area contributed by atoms with Crippen LogP contribution < -0.4 is 5.32 Å². The van der Waals surface area contributed by atoms with Gasteiger partial charge in [0.25, 0.3) is 0 Å². The zero-order valence-electron chi connectivity index (χ0n) is 22.7. The molecule has 1 heterocycles. The van der Waals surface area contributed by atoms with Crippen LogP contribution in [0, 0.1) is 5.41 Å². The third-order valence-corrected chi connectivity index (χ3v) is 7.42. The third kappa shape index (κ3) is 6.11. The van der Waals surface area contributed by atoms with E-state index in [4.69, 9.17) is 9.47 Å².